The van der Waals surface area contributed by atoms with E-state index in [9.17, 15) is 10.1 Å². The molecule has 1 N–H and O–H groups in total. The number of nitrogens with zero attached hydrogens (tertiary/aromatic N) is 2. The highest BCUT2D eigenvalue weighted by atomic mass is 16.6. The highest BCUT2D eigenvalue weighted by molar-refractivity contribution is 5.59. The topological polar surface area (TPSA) is 79.0 Å². The lowest BCUT2D eigenvalue weighted by Gasteiger charge is -2.11. The highest BCUT2D eigenvalue weighted by Crippen LogP contribution is 2.23. The molecule has 0 saturated carbocycles. The van der Waals surface area contributed by atoms with Crippen molar-refractivity contribution in [2.45, 2.75) is 20.4 Å². The third-order valence-corrected chi connectivity index (χ3v) is 3.38. The Labute approximate surface area is 123 Å². The van der Waals surface area contributed by atoms with Gasteiger partial charge in [0.05, 0.1) is 16.2 Å². The van der Waals surface area contributed by atoms with Gasteiger partial charge in [0.2, 0.25) is 0 Å². The molecule has 0 unspecified atom stereocenters. The number of hydrogen-bond donors (Lipinski definition) is 1. The van der Waals surface area contributed by atoms with Crippen LogP contribution in [0.2, 0.25) is 0 Å². The van der Waals surface area contributed by atoms with Crippen molar-refractivity contribution in [2.75, 3.05) is 5.32 Å². The molecule has 0 amide bonds. The third kappa shape index (κ3) is 3.18. The molecule has 0 aliphatic heterocycles. The Bertz CT molecular complexity index is 733. The first kappa shape index (κ1) is 14.5. The average Bonchev–Trinajstić information content (AvgIpc) is 2.46. The van der Waals surface area contributed by atoms with Crippen LogP contribution >= 0.6 is 0 Å². The fourth-order valence-electron chi connectivity index (χ4n) is 2.15. The highest BCUT2D eigenvalue weighted by Gasteiger charge is 2.13. The Balaban J connectivity index is 2.25. The van der Waals surface area contributed by atoms with Crippen LogP contribution in [0.25, 0.3) is 0 Å². The predicted octanol–water partition coefficient (Wildman–Crippen LogP) is 3.70. The van der Waals surface area contributed by atoms with E-state index >= 15 is 0 Å². The normalized spacial score (nSPS) is 9.95. The molecule has 0 spiro atoms. The van der Waals surface area contributed by atoms with Crippen LogP contribution in [0.3, 0.4) is 0 Å². The molecule has 0 radical (unpaired) electrons. The van der Waals surface area contributed by atoms with Crippen LogP contribution in [0.4, 0.5) is 11.4 Å². The second kappa shape index (κ2) is 6.06. The molecule has 0 atom stereocenters. The number of benzene rings is 2. The summed E-state index contributed by atoms with van der Waals surface area (Å²) in [4.78, 5) is 10.6. The maximum absolute atomic E-state index is 10.9. The predicted molar refractivity (Wildman–Crippen MR) is 81.1 cm³/mol. The number of nitro groups is 1. The molecule has 21 heavy (non-hydrogen) atoms. The maximum atomic E-state index is 10.9. The summed E-state index contributed by atoms with van der Waals surface area (Å²) in [5.41, 5.74) is 3.94. The standard InChI is InChI=1S/C16H15N3O2/c1-11-6-7-13(9-17)15(8-11)18-10-14-4-3-5-16(12(14)2)19(20)21/h3-8,18H,10H2,1-2H3. The van der Waals surface area contributed by atoms with Crippen LogP contribution in [0.15, 0.2) is 36.4 Å². The maximum Gasteiger partial charge on any atom is 0.272 e. The second-order valence-corrected chi connectivity index (χ2v) is 4.83. The van der Waals surface area contributed by atoms with Crippen molar-refractivity contribution >= 4 is 11.4 Å². The first-order valence-corrected chi connectivity index (χ1v) is 6.50. The smallest absolute Gasteiger partial charge is 0.272 e. The summed E-state index contributed by atoms with van der Waals surface area (Å²) in [6.07, 6.45) is 0. The summed E-state index contributed by atoms with van der Waals surface area (Å²) in [6.45, 7) is 4.12. The van der Waals surface area contributed by atoms with Gasteiger partial charge < -0.3 is 5.32 Å². The van der Waals surface area contributed by atoms with E-state index in [2.05, 4.69) is 11.4 Å². The largest absolute Gasteiger partial charge is 0.380 e. The van der Waals surface area contributed by atoms with Crippen molar-refractivity contribution in [3.05, 3.63) is 68.8 Å². The lowest BCUT2D eigenvalue weighted by Crippen LogP contribution is -2.04. The zero-order chi connectivity index (χ0) is 15.4. The minimum atomic E-state index is -0.383. The summed E-state index contributed by atoms with van der Waals surface area (Å²) in [5, 5.41) is 23.2. The quantitative estimate of drug-likeness (QED) is 0.684. The third-order valence-electron chi connectivity index (χ3n) is 3.38. The van der Waals surface area contributed by atoms with Gasteiger partial charge in [-0.1, -0.05) is 18.2 Å². The Morgan fingerprint density at radius 1 is 1.29 bits per heavy atom. The molecule has 0 aromatic heterocycles. The van der Waals surface area contributed by atoms with Crippen molar-refractivity contribution in [3.63, 3.8) is 0 Å². The second-order valence-electron chi connectivity index (χ2n) is 4.83. The Kier molecular flexibility index (Phi) is 4.19. The lowest BCUT2D eigenvalue weighted by atomic mass is 10.1. The molecule has 0 fully saturated rings. The molecule has 2 aromatic rings. The summed E-state index contributed by atoms with van der Waals surface area (Å²) in [5.74, 6) is 0. The molecule has 106 valence electrons. The molecule has 2 aromatic carbocycles. The van der Waals surface area contributed by atoms with E-state index in [0.717, 1.165) is 16.8 Å². The van der Waals surface area contributed by atoms with E-state index in [4.69, 9.17) is 5.26 Å². The van der Waals surface area contributed by atoms with E-state index in [1.54, 1.807) is 19.1 Å². The van der Waals surface area contributed by atoms with Crippen molar-refractivity contribution < 1.29 is 4.92 Å². The molecule has 0 heterocycles. The number of nitrogens with one attached hydrogen (secondary N) is 1. The van der Waals surface area contributed by atoms with Gasteiger partial charge in [0.1, 0.15) is 6.07 Å². The van der Waals surface area contributed by atoms with Crippen molar-refractivity contribution in [1.29, 1.82) is 5.26 Å². The van der Waals surface area contributed by atoms with E-state index in [0.29, 0.717) is 17.7 Å². The Hall–Kier alpha value is -2.87. The molecule has 5 heteroatoms. The van der Waals surface area contributed by atoms with Crippen LogP contribution in [0, 0.1) is 35.3 Å². The van der Waals surface area contributed by atoms with Crippen molar-refractivity contribution in [3.8, 4) is 6.07 Å². The Morgan fingerprint density at radius 3 is 2.71 bits per heavy atom. The van der Waals surface area contributed by atoms with Gasteiger partial charge in [-0.25, -0.2) is 0 Å². The van der Waals surface area contributed by atoms with Gasteiger partial charge >= 0.3 is 0 Å². The number of nitro benzene ring substituents is 1. The molecule has 5 nitrogen and oxygen atoms in total. The lowest BCUT2D eigenvalue weighted by molar-refractivity contribution is -0.385. The van der Waals surface area contributed by atoms with Gasteiger partial charge in [-0.05, 0) is 37.1 Å². The van der Waals surface area contributed by atoms with Crippen molar-refractivity contribution in [1.82, 2.24) is 0 Å². The number of rotatable bonds is 4. The van der Waals surface area contributed by atoms with Crippen LogP contribution in [-0.2, 0) is 6.54 Å². The van der Waals surface area contributed by atoms with Gasteiger partial charge in [0, 0.05) is 18.2 Å². The summed E-state index contributed by atoms with van der Waals surface area (Å²) in [6, 6.07) is 12.7. The van der Waals surface area contributed by atoms with E-state index in [-0.39, 0.29) is 10.6 Å². The van der Waals surface area contributed by atoms with Crippen LogP contribution in [-0.4, -0.2) is 4.92 Å². The minimum absolute atomic E-state index is 0.110. The van der Waals surface area contributed by atoms with Crippen LogP contribution in [0.5, 0.6) is 0 Å². The fourth-order valence-corrected chi connectivity index (χ4v) is 2.15. The first-order valence-electron chi connectivity index (χ1n) is 6.50. The summed E-state index contributed by atoms with van der Waals surface area (Å²) < 4.78 is 0. The average molecular weight is 281 g/mol. The summed E-state index contributed by atoms with van der Waals surface area (Å²) in [7, 11) is 0. The van der Waals surface area contributed by atoms with Gasteiger partial charge in [-0.15, -0.1) is 0 Å². The van der Waals surface area contributed by atoms with E-state index < -0.39 is 0 Å². The molecule has 0 bridgehead atoms. The molecule has 2 rings (SSSR count). The number of hydrogen-bond acceptors (Lipinski definition) is 4. The first-order chi connectivity index (χ1) is 10.0. The molecule has 0 aliphatic carbocycles. The van der Waals surface area contributed by atoms with Gasteiger partial charge in [-0.3, -0.25) is 10.1 Å². The SMILES string of the molecule is Cc1ccc(C#N)c(NCc2cccc([N+](=O)[O-])c2C)c1. The fraction of sp³-hybridized carbons (Fsp3) is 0.188. The molecule has 0 aliphatic rings. The van der Waals surface area contributed by atoms with Crippen LogP contribution < -0.4 is 5.32 Å². The van der Waals surface area contributed by atoms with Crippen LogP contribution in [0.1, 0.15) is 22.3 Å². The van der Waals surface area contributed by atoms with Crippen molar-refractivity contribution in [2.24, 2.45) is 0 Å². The number of anilines is 1. The summed E-state index contributed by atoms with van der Waals surface area (Å²) >= 11 is 0. The van der Waals surface area contributed by atoms with E-state index in [1.165, 1.54) is 6.07 Å². The number of aryl methyl sites for hydroxylation is 1. The monoisotopic (exact) mass is 281 g/mol. The van der Waals surface area contributed by atoms with E-state index in [1.807, 2.05) is 25.1 Å². The molecular weight excluding hydrogens is 266 g/mol. The zero-order valence-corrected chi connectivity index (χ0v) is 11.9. The Morgan fingerprint density at radius 2 is 2.05 bits per heavy atom. The number of nitriles is 1. The molecule has 0 saturated heterocycles. The zero-order valence-electron chi connectivity index (χ0n) is 11.9. The van der Waals surface area contributed by atoms with Gasteiger partial charge in [0.15, 0.2) is 0 Å². The van der Waals surface area contributed by atoms with Gasteiger partial charge in [-0.2, -0.15) is 5.26 Å². The minimum Gasteiger partial charge on any atom is -0.380 e. The van der Waals surface area contributed by atoms with Gasteiger partial charge in [0.25, 0.3) is 5.69 Å². The molecular formula is C16H15N3O2.